The Hall–Kier alpha value is -1.45. The molecule has 4 heteroatoms. The summed E-state index contributed by atoms with van der Waals surface area (Å²) in [5.74, 6) is 0. The number of nitrogens with zero attached hydrogens (tertiary/aromatic N) is 4. The van der Waals surface area contributed by atoms with Crippen LogP contribution in [0.25, 0.3) is 5.65 Å². The van der Waals surface area contributed by atoms with Crippen LogP contribution in [-0.4, -0.2) is 14.8 Å². The Morgan fingerprint density at radius 2 is 2.50 bits per heavy atom. The van der Waals surface area contributed by atoms with Gasteiger partial charge >= 0.3 is 5.65 Å². The standard InChI is InChI=1S/C6H7N4/c1-9-4-5-10-6(9)2-3-7-8-10/h2-5H,1H3/q+1. The molecule has 0 aliphatic heterocycles. The van der Waals surface area contributed by atoms with Crippen molar-refractivity contribution in [1.82, 2.24) is 14.8 Å². The molecule has 2 aromatic heterocycles. The Balaban J connectivity index is 2.93. The van der Waals surface area contributed by atoms with E-state index in [0.29, 0.717) is 0 Å². The van der Waals surface area contributed by atoms with Crippen LogP contribution in [0, 0.1) is 0 Å². The Morgan fingerprint density at radius 3 is 3.30 bits per heavy atom. The van der Waals surface area contributed by atoms with Crippen LogP contribution in [0.3, 0.4) is 0 Å². The summed E-state index contributed by atoms with van der Waals surface area (Å²) < 4.78 is 3.70. The zero-order valence-corrected chi connectivity index (χ0v) is 5.60. The molecule has 50 valence electrons. The number of hydrogen-bond acceptors (Lipinski definition) is 2. The van der Waals surface area contributed by atoms with E-state index in [1.54, 1.807) is 10.7 Å². The zero-order chi connectivity index (χ0) is 6.97. The fourth-order valence-corrected chi connectivity index (χ4v) is 0.933. The summed E-state index contributed by atoms with van der Waals surface area (Å²) in [5, 5.41) is 7.57. The molecule has 0 radical (unpaired) electrons. The van der Waals surface area contributed by atoms with Crippen LogP contribution in [0.2, 0.25) is 0 Å². The van der Waals surface area contributed by atoms with Crippen molar-refractivity contribution in [2.24, 2.45) is 7.05 Å². The fraction of sp³-hybridized carbons (Fsp3) is 0.167. The predicted molar refractivity (Wildman–Crippen MR) is 34.2 cm³/mol. The lowest BCUT2D eigenvalue weighted by Gasteiger charge is -1.81. The molecule has 0 aliphatic carbocycles. The second-order valence-corrected chi connectivity index (χ2v) is 2.13. The van der Waals surface area contributed by atoms with E-state index in [4.69, 9.17) is 0 Å². The minimum Gasteiger partial charge on any atom is -0.231 e. The topological polar surface area (TPSA) is 34.1 Å². The van der Waals surface area contributed by atoms with E-state index in [0.717, 1.165) is 5.65 Å². The zero-order valence-electron chi connectivity index (χ0n) is 5.60. The highest BCUT2D eigenvalue weighted by Gasteiger charge is 2.03. The van der Waals surface area contributed by atoms with E-state index < -0.39 is 0 Å². The molecule has 0 atom stereocenters. The maximum atomic E-state index is 3.85. The van der Waals surface area contributed by atoms with Gasteiger partial charge in [-0.05, 0) is 0 Å². The van der Waals surface area contributed by atoms with Crippen molar-refractivity contribution in [3.05, 3.63) is 24.7 Å². The van der Waals surface area contributed by atoms with Gasteiger partial charge in [0, 0.05) is 5.21 Å². The first kappa shape index (κ1) is 5.34. The first-order valence-corrected chi connectivity index (χ1v) is 3.02. The van der Waals surface area contributed by atoms with Gasteiger partial charge in [0.15, 0.2) is 6.20 Å². The van der Waals surface area contributed by atoms with Crippen LogP contribution < -0.4 is 4.57 Å². The van der Waals surface area contributed by atoms with E-state index in [1.165, 1.54) is 0 Å². The largest absolute Gasteiger partial charge is 0.309 e. The lowest BCUT2D eigenvalue weighted by molar-refractivity contribution is -0.644. The molecule has 0 N–H and O–H groups in total. The SMILES string of the molecule is C[n+]1ccn2nnccc21. The number of hydrogen-bond donors (Lipinski definition) is 0. The van der Waals surface area contributed by atoms with Gasteiger partial charge in [-0.15, -0.1) is 5.10 Å². The molecule has 2 rings (SSSR count). The van der Waals surface area contributed by atoms with Crippen molar-refractivity contribution in [1.29, 1.82) is 0 Å². The molecule has 0 spiro atoms. The van der Waals surface area contributed by atoms with Crippen LogP contribution >= 0.6 is 0 Å². The summed E-state index contributed by atoms with van der Waals surface area (Å²) in [6.45, 7) is 0. The van der Waals surface area contributed by atoms with E-state index >= 15 is 0 Å². The van der Waals surface area contributed by atoms with Crippen molar-refractivity contribution in [2.75, 3.05) is 0 Å². The van der Waals surface area contributed by atoms with Gasteiger partial charge in [0.2, 0.25) is 0 Å². The predicted octanol–water partition coefficient (Wildman–Crippen LogP) is -0.446. The minimum absolute atomic E-state index is 1.04. The maximum Gasteiger partial charge on any atom is 0.309 e. The molecule has 0 saturated heterocycles. The van der Waals surface area contributed by atoms with Gasteiger partial charge < -0.3 is 0 Å². The van der Waals surface area contributed by atoms with Crippen molar-refractivity contribution >= 4 is 5.65 Å². The van der Waals surface area contributed by atoms with Crippen LogP contribution in [0.5, 0.6) is 0 Å². The average Bonchev–Trinajstić information content (AvgIpc) is 2.34. The Morgan fingerprint density at radius 1 is 1.60 bits per heavy atom. The van der Waals surface area contributed by atoms with E-state index in [1.807, 2.05) is 30.1 Å². The summed E-state index contributed by atoms with van der Waals surface area (Å²) in [5.41, 5.74) is 1.04. The second kappa shape index (κ2) is 1.76. The van der Waals surface area contributed by atoms with Gasteiger partial charge in [0.05, 0.1) is 19.3 Å². The molecule has 0 unspecified atom stereocenters. The van der Waals surface area contributed by atoms with Gasteiger partial charge in [-0.25, -0.2) is 4.57 Å². The third-order valence-corrected chi connectivity index (χ3v) is 1.47. The van der Waals surface area contributed by atoms with Gasteiger partial charge in [-0.2, -0.15) is 0 Å². The van der Waals surface area contributed by atoms with E-state index in [-0.39, 0.29) is 0 Å². The molecule has 0 amide bonds. The molecule has 0 bridgehead atoms. The van der Waals surface area contributed by atoms with Crippen molar-refractivity contribution in [3.8, 4) is 0 Å². The van der Waals surface area contributed by atoms with Crippen molar-refractivity contribution in [3.63, 3.8) is 0 Å². The van der Waals surface area contributed by atoms with Crippen LogP contribution in [0.4, 0.5) is 0 Å². The smallest absolute Gasteiger partial charge is 0.231 e. The Bertz CT molecular complexity index is 351. The summed E-state index contributed by atoms with van der Waals surface area (Å²) >= 11 is 0. The Labute approximate surface area is 57.7 Å². The number of aromatic nitrogens is 4. The molecule has 0 aromatic carbocycles. The lowest BCUT2D eigenvalue weighted by atomic mass is 10.6. The van der Waals surface area contributed by atoms with Crippen LogP contribution in [0.15, 0.2) is 24.7 Å². The molecule has 10 heavy (non-hydrogen) atoms. The van der Waals surface area contributed by atoms with Crippen molar-refractivity contribution < 1.29 is 4.57 Å². The van der Waals surface area contributed by atoms with Gasteiger partial charge in [0.25, 0.3) is 0 Å². The highest BCUT2D eigenvalue weighted by Crippen LogP contribution is 1.88. The highest BCUT2D eigenvalue weighted by molar-refractivity contribution is 5.26. The molecule has 0 aliphatic rings. The number of rotatable bonds is 0. The Kier molecular flexibility index (Phi) is 0.943. The van der Waals surface area contributed by atoms with Gasteiger partial charge in [0.1, 0.15) is 6.20 Å². The molecule has 0 fully saturated rings. The second-order valence-electron chi connectivity index (χ2n) is 2.13. The first-order valence-electron chi connectivity index (χ1n) is 3.02. The normalized spacial score (nSPS) is 10.5. The van der Waals surface area contributed by atoms with Crippen molar-refractivity contribution in [2.45, 2.75) is 0 Å². The third kappa shape index (κ3) is 0.586. The average molecular weight is 135 g/mol. The van der Waals surface area contributed by atoms with Gasteiger partial charge in [-0.3, -0.25) is 0 Å². The molecule has 4 nitrogen and oxygen atoms in total. The van der Waals surface area contributed by atoms with Gasteiger partial charge in [-0.1, -0.05) is 4.52 Å². The molecule has 2 heterocycles. The molecule has 0 saturated carbocycles. The summed E-state index contributed by atoms with van der Waals surface area (Å²) in [6, 6.07) is 1.91. The quantitative estimate of drug-likeness (QED) is 0.459. The lowest BCUT2D eigenvalue weighted by Crippen LogP contribution is -2.25. The molecular weight excluding hydrogens is 128 g/mol. The third-order valence-electron chi connectivity index (χ3n) is 1.47. The van der Waals surface area contributed by atoms with Crippen LogP contribution in [0.1, 0.15) is 0 Å². The summed E-state index contributed by atoms with van der Waals surface area (Å²) in [6.07, 6.45) is 5.47. The minimum atomic E-state index is 1.04. The van der Waals surface area contributed by atoms with E-state index in [2.05, 4.69) is 10.3 Å². The van der Waals surface area contributed by atoms with E-state index in [9.17, 15) is 0 Å². The monoisotopic (exact) mass is 135 g/mol. The highest BCUT2D eigenvalue weighted by atomic mass is 15.4. The molecule has 2 aromatic rings. The number of imidazole rings is 1. The fourth-order valence-electron chi connectivity index (χ4n) is 0.933. The van der Waals surface area contributed by atoms with Crippen LogP contribution in [-0.2, 0) is 7.05 Å². The summed E-state index contributed by atoms with van der Waals surface area (Å²) in [4.78, 5) is 0. The maximum absolute atomic E-state index is 3.85. The molecular formula is C6H7N4+. The summed E-state index contributed by atoms with van der Waals surface area (Å²) in [7, 11) is 1.97. The first-order chi connectivity index (χ1) is 4.88. The number of aryl methyl sites for hydroxylation is 1. The number of fused-ring (bicyclic) bond motifs is 1.